The topological polar surface area (TPSA) is 56.2 Å². The molecule has 16 heavy (non-hydrogen) atoms. The predicted octanol–water partition coefficient (Wildman–Crippen LogP) is 2.08. The Bertz CT molecular complexity index is 697. The van der Waals surface area contributed by atoms with Gasteiger partial charge in [0.1, 0.15) is 11.2 Å². The van der Waals surface area contributed by atoms with E-state index in [1.54, 1.807) is 0 Å². The van der Waals surface area contributed by atoms with E-state index in [1.807, 2.05) is 42.6 Å². The Morgan fingerprint density at radius 3 is 2.81 bits per heavy atom. The molecule has 3 rings (SSSR count). The first kappa shape index (κ1) is 9.15. The Kier molecular flexibility index (Phi) is 1.68. The van der Waals surface area contributed by atoms with Gasteiger partial charge in [-0.3, -0.25) is 4.40 Å². The van der Waals surface area contributed by atoms with Crippen molar-refractivity contribution in [3.8, 4) is 0 Å². The van der Waals surface area contributed by atoms with E-state index in [1.165, 1.54) is 5.56 Å². The highest BCUT2D eigenvalue weighted by Crippen LogP contribution is 2.21. The zero-order chi connectivity index (χ0) is 11.3. The molecule has 0 aliphatic heterocycles. The monoisotopic (exact) mass is 212 g/mol. The molecule has 0 saturated heterocycles. The van der Waals surface area contributed by atoms with Crippen molar-refractivity contribution >= 4 is 22.5 Å². The van der Waals surface area contributed by atoms with E-state index in [0.29, 0.717) is 5.69 Å². The fourth-order valence-electron chi connectivity index (χ4n) is 1.93. The molecule has 3 aromatic rings. The second-order valence-corrected chi connectivity index (χ2v) is 4.07. The van der Waals surface area contributed by atoms with Crippen molar-refractivity contribution in [3.63, 3.8) is 0 Å². The highest BCUT2D eigenvalue weighted by molar-refractivity contribution is 5.87. The average molecular weight is 212 g/mol. The molecule has 3 heterocycles. The molecule has 4 nitrogen and oxygen atoms in total. The standard InChI is InChI=1S/C12H12N4/c1-7-3-4-16-10(5-7)15-11-9(13)6-8(2)14-12(11)16/h3-6H,1-2H3,(H2,13,14). The first-order valence-electron chi connectivity index (χ1n) is 5.17. The van der Waals surface area contributed by atoms with Crippen LogP contribution in [0.15, 0.2) is 24.4 Å². The molecule has 80 valence electrons. The van der Waals surface area contributed by atoms with E-state index < -0.39 is 0 Å². The van der Waals surface area contributed by atoms with Gasteiger partial charge < -0.3 is 5.73 Å². The number of anilines is 1. The second-order valence-electron chi connectivity index (χ2n) is 4.07. The van der Waals surface area contributed by atoms with Crippen molar-refractivity contribution in [3.05, 3.63) is 35.7 Å². The van der Waals surface area contributed by atoms with Crippen LogP contribution in [0.2, 0.25) is 0 Å². The number of aromatic nitrogens is 3. The lowest BCUT2D eigenvalue weighted by molar-refractivity contribution is 1.14. The van der Waals surface area contributed by atoms with Crippen LogP contribution in [0.4, 0.5) is 5.69 Å². The molecule has 0 amide bonds. The maximum atomic E-state index is 5.94. The van der Waals surface area contributed by atoms with Crippen LogP contribution < -0.4 is 5.73 Å². The van der Waals surface area contributed by atoms with Gasteiger partial charge in [-0.2, -0.15) is 0 Å². The van der Waals surface area contributed by atoms with Crippen molar-refractivity contribution in [2.24, 2.45) is 0 Å². The molecule has 0 saturated carbocycles. The SMILES string of the molecule is Cc1ccn2c(c1)nc1c(N)cc(C)nc12. The molecule has 2 N–H and O–H groups in total. The summed E-state index contributed by atoms with van der Waals surface area (Å²) in [7, 11) is 0. The van der Waals surface area contributed by atoms with Crippen LogP contribution in [0.5, 0.6) is 0 Å². The summed E-state index contributed by atoms with van der Waals surface area (Å²) in [6.07, 6.45) is 1.98. The normalized spacial score (nSPS) is 11.4. The fourth-order valence-corrected chi connectivity index (χ4v) is 1.93. The molecule has 0 aromatic carbocycles. The number of hydrogen-bond acceptors (Lipinski definition) is 3. The number of nitrogens with zero attached hydrogens (tertiary/aromatic N) is 3. The number of nitrogen functional groups attached to an aromatic ring is 1. The number of fused-ring (bicyclic) bond motifs is 3. The highest BCUT2D eigenvalue weighted by Gasteiger charge is 2.09. The summed E-state index contributed by atoms with van der Waals surface area (Å²) in [5, 5.41) is 0. The van der Waals surface area contributed by atoms with Gasteiger partial charge in [0.15, 0.2) is 5.65 Å². The van der Waals surface area contributed by atoms with Crippen LogP contribution in [0.25, 0.3) is 16.8 Å². The van der Waals surface area contributed by atoms with E-state index in [4.69, 9.17) is 5.73 Å². The maximum Gasteiger partial charge on any atom is 0.166 e. The number of hydrogen-bond donors (Lipinski definition) is 1. The van der Waals surface area contributed by atoms with Gasteiger partial charge in [-0.1, -0.05) is 0 Å². The van der Waals surface area contributed by atoms with Gasteiger partial charge in [0.05, 0.1) is 5.69 Å². The molecule has 0 unspecified atom stereocenters. The lowest BCUT2D eigenvalue weighted by Crippen LogP contribution is -1.92. The van der Waals surface area contributed by atoms with Gasteiger partial charge in [0.2, 0.25) is 0 Å². The summed E-state index contributed by atoms with van der Waals surface area (Å²) < 4.78 is 1.96. The molecular formula is C12H12N4. The minimum absolute atomic E-state index is 0.684. The van der Waals surface area contributed by atoms with Gasteiger partial charge in [-0.25, -0.2) is 9.97 Å². The summed E-state index contributed by atoms with van der Waals surface area (Å²) >= 11 is 0. The molecule has 0 aliphatic rings. The number of aryl methyl sites for hydroxylation is 2. The minimum atomic E-state index is 0.684. The fraction of sp³-hybridized carbons (Fsp3) is 0.167. The highest BCUT2D eigenvalue weighted by atomic mass is 15.1. The van der Waals surface area contributed by atoms with Crippen molar-refractivity contribution in [1.29, 1.82) is 0 Å². The van der Waals surface area contributed by atoms with Gasteiger partial charge >= 0.3 is 0 Å². The summed E-state index contributed by atoms with van der Waals surface area (Å²) in [6.45, 7) is 3.98. The Balaban J connectivity index is 2.55. The minimum Gasteiger partial charge on any atom is -0.397 e. The third-order valence-corrected chi connectivity index (χ3v) is 2.68. The van der Waals surface area contributed by atoms with Crippen LogP contribution in [0.3, 0.4) is 0 Å². The third-order valence-electron chi connectivity index (χ3n) is 2.68. The van der Waals surface area contributed by atoms with Crippen LogP contribution in [0.1, 0.15) is 11.3 Å². The number of pyridine rings is 2. The first-order chi connectivity index (χ1) is 7.65. The quantitative estimate of drug-likeness (QED) is 0.620. The zero-order valence-corrected chi connectivity index (χ0v) is 9.23. The molecule has 0 spiro atoms. The van der Waals surface area contributed by atoms with Crippen LogP contribution >= 0.6 is 0 Å². The van der Waals surface area contributed by atoms with Crippen LogP contribution in [-0.4, -0.2) is 14.4 Å². The predicted molar refractivity (Wildman–Crippen MR) is 64.4 cm³/mol. The Morgan fingerprint density at radius 1 is 1.19 bits per heavy atom. The molecule has 0 atom stereocenters. The van der Waals surface area contributed by atoms with Crippen LogP contribution in [0, 0.1) is 13.8 Å². The van der Waals surface area contributed by atoms with E-state index >= 15 is 0 Å². The number of nitrogens with two attached hydrogens (primary N) is 1. The third kappa shape index (κ3) is 1.16. The Morgan fingerprint density at radius 2 is 2.00 bits per heavy atom. The molecule has 0 bridgehead atoms. The number of imidazole rings is 1. The van der Waals surface area contributed by atoms with E-state index in [-0.39, 0.29) is 0 Å². The van der Waals surface area contributed by atoms with E-state index in [2.05, 4.69) is 9.97 Å². The van der Waals surface area contributed by atoms with Crippen molar-refractivity contribution < 1.29 is 0 Å². The zero-order valence-electron chi connectivity index (χ0n) is 9.23. The summed E-state index contributed by atoms with van der Waals surface area (Å²) in [6, 6.07) is 5.91. The smallest absolute Gasteiger partial charge is 0.166 e. The summed E-state index contributed by atoms with van der Waals surface area (Å²) in [5.74, 6) is 0. The van der Waals surface area contributed by atoms with Crippen molar-refractivity contribution in [2.75, 3.05) is 5.73 Å². The van der Waals surface area contributed by atoms with Crippen LogP contribution in [-0.2, 0) is 0 Å². The first-order valence-corrected chi connectivity index (χ1v) is 5.17. The van der Waals surface area contributed by atoms with Crippen molar-refractivity contribution in [2.45, 2.75) is 13.8 Å². The molecule has 0 fully saturated rings. The average Bonchev–Trinajstić information content (AvgIpc) is 2.56. The van der Waals surface area contributed by atoms with E-state index in [9.17, 15) is 0 Å². The van der Waals surface area contributed by atoms with Gasteiger partial charge in [-0.05, 0) is 37.6 Å². The lowest BCUT2D eigenvalue weighted by atomic mass is 10.3. The number of rotatable bonds is 0. The van der Waals surface area contributed by atoms with Gasteiger partial charge in [0, 0.05) is 11.9 Å². The molecule has 3 aromatic heterocycles. The maximum absolute atomic E-state index is 5.94. The van der Waals surface area contributed by atoms with E-state index in [0.717, 1.165) is 22.5 Å². The Hall–Kier alpha value is -2.10. The largest absolute Gasteiger partial charge is 0.397 e. The summed E-state index contributed by atoms with van der Waals surface area (Å²) in [4.78, 5) is 8.97. The molecule has 0 radical (unpaired) electrons. The lowest BCUT2D eigenvalue weighted by Gasteiger charge is -1.98. The van der Waals surface area contributed by atoms with Gasteiger partial charge in [0.25, 0.3) is 0 Å². The molecule has 4 heteroatoms. The summed E-state index contributed by atoms with van der Waals surface area (Å²) in [5.41, 5.74) is 11.2. The van der Waals surface area contributed by atoms with Crippen molar-refractivity contribution in [1.82, 2.24) is 14.4 Å². The van der Waals surface area contributed by atoms with Gasteiger partial charge in [-0.15, -0.1) is 0 Å². The second kappa shape index (κ2) is 2.95. The molecule has 0 aliphatic carbocycles. The molecular weight excluding hydrogens is 200 g/mol. The Labute approximate surface area is 92.7 Å².